The van der Waals surface area contributed by atoms with Gasteiger partial charge >= 0.3 is 0 Å². The van der Waals surface area contributed by atoms with Gasteiger partial charge in [-0.05, 0) is 30.9 Å². The summed E-state index contributed by atoms with van der Waals surface area (Å²) in [7, 11) is 2.15. The molecule has 1 heterocycles. The number of pyridine rings is 1. The van der Waals surface area contributed by atoms with Gasteiger partial charge < -0.3 is 10.6 Å². The van der Waals surface area contributed by atoms with E-state index in [0.29, 0.717) is 6.54 Å². The second kappa shape index (κ2) is 4.62. The molecule has 0 radical (unpaired) electrons. The second-order valence-corrected chi connectivity index (χ2v) is 4.39. The maximum Gasteiger partial charge on any atom is 0.0560 e. The zero-order chi connectivity index (χ0) is 10.7. The van der Waals surface area contributed by atoms with Gasteiger partial charge in [-0.3, -0.25) is 4.98 Å². The van der Waals surface area contributed by atoms with Crippen LogP contribution in [0.2, 0.25) is 0 Å². The molecule has 1 aromatic heterocycles. The van der Waals surface area contributed by atoms with Crippen LogP contribution >= 0.6 is 0 Å². The molecule has 1 saturated carbocycles. The third-order valence-electron chi connectivity index (χ3n) is 3.21. The van der Waals surface area contributed by atoms with E-state index in [-0.39, 0.29) is 0 Å². The molecule has 1 aliphatic carbocycles. The standard InChI is InChI=1S/C12H19N3/c1-15(9-10-3-2-4-10)12-5-6-14-11(7-12)8-13/h5-7,10H,2-4,8-9,13H2,1H3. The fourth-order valence-electron chi connectivity index (χ4n) is 1.98. The molecule has 1 aliphatic rings. The zero-order valence-corrected chi connectivity index (χ0v) is 9.32. The summed E-state index contributed by atoms with van der Waals surface area (Å²) >= 11 is 0. The lowest BCUT2D eigenvalue weighted by Gasteiger charge is -2.31. The molecule has 3 nitrogen and oxygen atoms in total. The number of nitrogens with zero attached hydrogens (tertiary/aromatic N) is 2. The molecule has 2 rings (SSSR count). The van der Waals surface area contributed by atoms with Crippen molar-refractivity contribution in [2.75, 3.05) is 18.5 Å². The van der Waals surface area contributed by atoms with E-state index in [0.717, 1.165) is 18.2 Å². The topological polar surface area (TPSA) is 42.2 Å². The van der Waals surface area contributed by atoms with Crippen LogP contribution < -0.4 is 10.6 Å². The van der Waals surface area contributed by atoms with Crippen LogP contribution in [0.4, 0.5) is 5.69 Å². The smallest absolute Gasteiger partial charge is 0.0560 e. The second-order valence-electron chi connectivity index (χ2n) is 4.39. The first-order valence-electron chi connectivity index (χ1n) is 5.65. The maximum atomic E-state index is 5.58. The van der Waals surface area contributed by atoms with Crippen molar-refractivity contribution < 1.29 is 0 Å². The summed E-state index contributed by atoms with van der Waals surface area (Å²) in [6.07, 6.45) is 6.02. The van der Waals surface area contributed by atoms with Gasteiger partial charge in [0.1, 0.15) is 0 Å². The van der Waals surface area contributed by atoms with E-state index < -0.39 is 0 Å². The van der Waals surface area contributed by atoms with Crippen LogP contribution in [0.15, 0.2) is 18.3 Å². The lowest BCUT2D eigenvalue weighted by atomic mass is 9.85. The SMILES string of the molecule is CN(CC1CCC1)c1ccnc(CN)c1. The number of rotatable bonds is 4. The van der Waals surface area contributed by atoms with Gasteiger partial charge in [0.25, 0.3) is 0 Å². The molecule has 15 heavy (non-hydrogen) atoms. The number of nitrogens with two attached hydrogens (primary N) is 1. The summed E-state index contributed by atoms with van der Waals surface area (Å²) < 4.78 is 0. The Balaban J connectivity index is 1.99. The summed E-state index contributed by atoms with van der Waals surface area (Å²) in [6, 6.07) is 4.14. The summed E-state index contributed by atoms with van der Waals surface area (Å²) in [4.78, 5) is 6.51. The van der Waals surface area contributed by atoms with Gasteiger partial charge in [0.15, 0.2) is 0 Å². The predicted molar refractivity (Wildman–Crippen MR) is 62.7 cm³/mol. The number of anilines is 1. The third-order valence-corrected chi connectivity index (χ3v) is 3.21. The summed E-state index contributed by atoms with van der Waals surface area (Å²) in [5.41, 5.74) is 7.78. The fraction of sp³-hybridized carbons (Fsp3) is 0.583. The summed E-state index contributed by atoms with van der Waals surface area (Å²) in [6.45, 7) is 1.68. The Morgan fingerprint density at radius 1 is 1.53 bits per heavy atom. The first-order chi connectivity index (χ1) is 7.29. The van der Waals surface area contributed by atoms with E-state index in [1.54, 1.807) is 0 Å². The molecule has 0 saturated heterocycles. The molecule has 0 amide bonds. The molecule has 2 N–H and O–H groups in total. The van der Waals surface area contributed by atoms with Gasteiger partial charge in [-0.15, -0.1) is 0 Å². The van der Waals surface area contributed by atoms with E-state index in [1.807, 2.05) is 6.20 Å². The number of aromatic nitrogens is 1. The molecule has 0 spiro atoms. The van der Waals surface area contributed by atoms with Crippen molar-refractivity contribution in [1.29, 1.82) is 0 Å². The van der Waals surface area contributed by atoms with Gasteiger partial charge in [0, 0.05) is 32.0 Å². The average molecular weight is 205 g/mol. The molecule has 0 aliphatic heterocycles. The molecule has 0 aromatic carbocycles. The Hall–Kier alpha value is -1.09. The van der Waals surface area contributed by atoms with Crippen LogP contribution in [0.3, 0.4) is 0 Å². The molecular weight excluding hydrogens is 186 g/mol. The Morgan fingerprint density at radius 3 is 2.93 bits per heavy atom. The van der Waals surface area contributed by atoms with Gasteiger partial charge in [-0.1, -0.05) is 6.42 Å². The quantitative estimate of drug-likeness (QED) is 0.814. The predicted octanol–water partition coefficient (Wildman–Crippen LogP) is 1.78. The molecule has 82 valence electrons. The van der Waals surface area contributed by atoms with Crippen LogP contribution in [0, 0.1) is 5.92 Å². The Kier molecular flexibility index (Phi) is 3.21. The molecule has 0 bridgehead atoms. The van der Waals surface area contributed by atoms with Crippen molar-refractivity contribution in [2.45, 2.75) is 25.8 Å². The minimum Gasteiger partial charge on any atom is -0.374 e. The summed E-state index contributed by atoms with van der Waals surface area (Å²) in [5.74, 6) is 0.893. The van der Waals surface area contributed by atoms with Crippen molar-refractivity contribution in [2.24, 2.45) is 11.7 Å². The Labute approximate surface area is 91.3 Å². The van der Waals surface area contributed by atoms with E-state index in [2.05, 4.69) is 29.1 Å². The van der Waals surface area contributed by atoms with Crippen molar-refractivity contribution in [3.8, 4) is 0 Å². The lowest BCUT2D eigenvalue weighted by molar-refractivity contribution is 0.321. The van der Waals surface area contributed by atoms with Gasteiger partial charge in [-0.25, -0.2) is 0 Å². The van der Waals surface area contributed by atoms with Crippen molar-refractivity contribution in [3.63, 3.8) is 0 Å². The average Bonchev–Trinajstić information content (AvgIpc) is 2.23. The molecule has 0 atom stereocenters. The van der Waals surface area contributed by atoms with E-state index >= 15 is 0 Å². The minimum absolute atomic E-state index is 0.519. The van der Waals surface area contributed by atoms with Crippen LogP contribution in [0.5, 0.6) is 0 Å². The lowest BCUT2D eigenvalue weighted by Crippen LogP contribution is -2.29. The van der Waals surface area contributed by atoms with Gasteiger partial charge in [0.05, 0.1) is 5.69 Å². The van der Waals surface area contributed by atoms with E-state index in [9.17, 15) is 0 Å². The third kappa shape index (κ3) is 2.48. The number of hydrogen-bond acceptors (Lipinski definition) is 3. The molecule has 1 aromatic rings. The largest absolute Gasteiger partial charge is 0.374 e. The summed E-state index contributed by atoms with van der Waals surface area (Å²) in [5, 5.41) is 0. The minimum atomic E-state index is 0.519. The Bertz CT molecular complexity index is 320. The van der Waals surface area contributed by atoms with E-state index in [1.165, 1.54) is 24.9 Å². The maximum absolute atomic E-state index is 5.58. The van der Waals surface area contributed by atoms with E-state index in [4.69, 9.17) is 5.73 Å². The van der Waals surface area contributed by atoms with Gasteiger partial charge in [0.2, 0.25) is 0 Å². The number of hydrogen-bond donors (Lipinski definition) is 1. The first-order valence-corrected chi connectivity index (χ1v) is 5.65. The van der Waals surface area contributed by atoms with Crippen LogP contribution in [0.25, 0.3) is 0 Å². The normalized spacial score (nSPS) is 16.1. The highest BCUT2D eigenvalue weighted by atomic mass is 15.1. The zero-order valence-electron chi connectivity index (χ0n) is 9.32. The Morgan fingerprint density at radius 2 is 2.33 bits per heavy atom. The molecular formula is C12H19N3. The van der Waals surface area contributed by atoms with Gasteiger partial charge in [-0.2, -0.15) is 0 Å². The highest BCUT2D eigenvalue weighted by Gasteiger charge is 2.19. The van der Waals surface area contributed by atoms with Crippen LogP contribution in [-0.2, 0) is 6.54 Å². The monoisotopic (exact) mass is 205 g/mol. The molecule has 3 heteroatoms. The first kappa shape index (κ1) is 10.4. The highest BCUT2D eigenvalue weighted by molar-refractivity contribution is 5.45. The molecule has 0 unspecified atom stereocenters. The highest BCUT2D eigenvalue weighted by Crippen LogP contribution is 2.28. The van der Waals surface area contributed by atoms with Crippen molar-refractivity contribution in [3.05, 3.63) is 24.0 Å². The molecule has 1 fully saturated rings. The van der Waals surface area contributed by atoms with Crippen molar-refractivity contribution >= 4 is 5.69 Å². The van der Waals surface area contributed by atoms with Crippen LogP contribution in [-0.4, -0.2) is 18.6 Å². The van der Waals surface area contributed by atoms with Crippen LogP contribution in [0.1, 0.15) is 25.0 Å². The fourth-order valence-corrected chi connectivity index (χ4v) is 1.98. The van der Waals surface area contributed by atoms with Crippen molar-refractivity contribution in [1.82, 2.24) is 4.98 Å².